The molecule has 0 unspecified atom stereocenters. The molecule has 0 saturated heterocycles. The van der Waals surface area contributed by atoms with Crippen molar-refractivity contribution in [3.05, 3.63) is 41.7 Å². The molecule has 1 heteroatoms. The van der Waals surface area contributed by atoms with Gasteiger partial charge in [0, 0.05) is 5.57 Å². The van der Waals surface area contributed by atoms with Crippen LogP contribution >= 0.6 is 0 Å². The lowest BCUT2D eigenvalue weighted by atomic mass is 10.1. The zero-order chi connectivity index (χ0) is 11.8. The molecule has 0 aromatic rings. The van der Waals surface area contributed by atoms with Gasteiger partial charge in [-0.05, 0) is 38.2 Å². The molecule has 0 heterocycles. The van der Waals surface area contributed by atoms with Crippen molar-refractivity contribution >= 4 is 6.72 Å². The SMILES string of the molecule is C=C=CCCCC=CC(C[N+](=C)C)=C1CC1. The maximum Gasteiger partial charge on any atom is 0.167 e. The van der Waals surface area contributed by atoms with Gasteiger partial charge in [-0.15, -0.1) is 5.73 Å². The van der Waals surface area contributed by atoms with Crippen LogP contribution in [0.2, 0.25) is 0 Å². The Morgan fingerprint density at radius 1 is 1.44 bits per heavy atom. The van der Waals surface area contributed by atoms with Gasteiger partial charge in [0.1, 0.15) is 13.8 Å². The third kappa shape index (κ3) is 5.53. The highest BCUT2D eigenvalue weighted by Crippen LogP contribution is 2.32. The fourth-order valence-corrected chi connectivity index (χ4v) is 1.62. The highest BCUT2D eigenvalue weighted by molar-refractivity contribution is 5.34. The largest absolute Gasteiger partial charge is 0.241 e. The van der Waals surface area contributed by atoms with Crippen LogP contribution in [0.5, 0.6) is 0 Å². The molecule has 1 aliphatic rings. The number of hydrogen-bond acceptors (Lipinski definition) is 0. The lowest BCUT2D eigenvalue weighted by Crippen LogP contribution is -2.05. The van der Waals surface area contributed by atoms with Crippen LogP contribution < -0.4 is 0 Å². The van der Waals surface area contributed by atoms with Gasteiger partial charge in [0.05, 0.1) is 0 Å². The number of nitrogens with zero attached hydrogens (tertiary/aromatic N) is 1. The summed E-state index contributed by atoms with van der Waals surface area (Å²) in [6.07, 6.45) is 12.5. The lowest BCUT2D eigenvalue weighted by Gasteiger charge is -1.97. The predicted molar refractivity (Wildman–Crippen MR) is 71.1 cm³/mol. The molecule has 1 rings (SSSR count). The zero-order valence-electron chi connectivity index (χ0n) is 10.3. The highest BCUT2D eigenvalue weighted by Gasteiger charge is 2.17. The highest BCUT2D eigenvalue weighted by atomic mass is 14.9. The van der Waals surface area contributed by atoms with Crippen molar-refractivity contribution in [2.24, 2.45) is 0 Å². The molecule has 0 aromatic carbocycles. The van der Waals surface area contributed by atoms with Crippen molar-refractivity contribution in [2.45, 2.75) is 32.1 Å². The Morgan fingerprint density at radius 2 is 2.19 bits per heavy atom. The van der Waals surface area contributed by atoms with E-state index in [1.54, 1.807) is 5.57 Å². The summed E-state index contributed by atoms with van der Waals surface area (Å²) in [6, 6.07) is 0. The predicted octanol–water partition coefficient (Wildman–Crippen LogP) is 3.49. The van der Waals surface area contributed by atoms with Crippen LogP contribution in [-0.4, -0.2) is 24.9 Å². The first-order valence-electron chi connectivity index (χ1n) is 5.97. The van der Waals surface area contributed by atoms with Crippen LogP contribution in [0.1, 0.15) is 32.1 Å². The monoisotopic (exact) mass is 216 g/mol. The van der Waals surface area contributed by atoms with Crippen LogP contribution in [0.15, 0.2) is 41.7 Å². The van der Waals surface area contributed by atoms with E-state index < -0.39 is 0 Å². The minimum Gasteiger partial charge on any atom is -0.241 e. The second-order valence-electron chi connectivity index (χ2n) is 4.38. The minimum absolute atomic E-state index is 0.971. The molecule has 1 saturated carbocycles. The van der Waals surface area contributed by atoms with Gasteiger partial charge in [-0.1, -0.05) is 24.3 Å². The van der Waals surface area contributed by atoms with Crippen LogP contribution in [-0.2, 0) is 0 Å². The first-order valence-corrected chi connectivity index (χ1v) is 5.97. The van der Waals surface area contributed by atoms with Crippen molar-refractivity contribution in [2.75, 3.05) is 13.6 Å². The van der Waals surface area contributed by atoms with Crippen molar-refractivity contribution < 1.29 is 4.58 Å². The normalized spacial score (nSPS) is 13.7. The van der Waals surface area contributed by atoms with E-state index in [0.29, 0.717) is 0 Å². The van der Waals surface area contributed by atoms with Gasteiger partial charge in [-0.25, -0.2) is 4.58 Å². The van der Waals surface area contributed by atoms with Crippen LogP contribution in [0.25, 0.3) is 0 Å². The molecule has 1 nitrogen and oxygen atoms in total. The Balaban J connectivity index is 2.32. The Hall–Kier alpha value is -1.33. The summed E-state index contributed by atoms with van der Waals surface area (Å²) in [5, 5.41) is 0. The summed E-state index contributed by atoms with van der Waals surface area (Å²) >= 11 is 0. The number of unbranched alkanes of at least 4 members (excludes halogenated alkanes) is 2. The first-order chi connectivity index (χ1) is 7.74. The van der Waals surface area contributed by atoms with E-state index >= 15 is 0 Å². The standard InChI is InChI=1S/C15H22N/c1-4-5-6-7-8-9-10-15(13-16(2)3)14-11-12-14/h5,9-10H,1-2,6-8,11-13H2,3H3/q+1. The fourth-order valence-electron chi connectivity index (χ4n) is 1.62. The van der Waals surface area contributed by atoms with Crippen LogP contribution in [0.4, 0.5) is 0 Å². The van der Waals surface area contributed by atoms with E-state index in [0.717, 1.165) is 19.4 Å². The third-order valence-electron chi connectivity index (χ3n) is 2.58. The second kappa shape index (κ2) is 7.03. The maximum atomic E-state index is 3.90. The van der Waals surface area contributed by atoms with Crippen molar-refractivity contribution in [3.8, 4) is 0 Å². The zero-order valence-corrected chi connectivity index (χ0v) is 10.3. The average Bonchev–Trinajstić information content (AvgIpc) is 3.04. The summed E-state index contributed by atoms with van der Waals surface area (Å²) in [6.45, 7) is 8.43. The molecule has 0 radical (unpaired) electrons. The smallest absolute Gasteiger partial charge is 0.167 e. The molecule has 86 valence electrons. The van der Waals surface area contributed by atoms with E-state index in [1.807, 2.05) is 17.7 Å². The molecule has 1 aliphatic carbocycles. The van der Waals surface area contributed by atoms with E-state index in [9.17, 15) is 0 Å². The van der Waals surface area contributed by atoms with Gasteiger partial charge in [0.15, 0.2) is 6.54 Å². The molecule has 0 aromatic heterocycles. The summed E-state index contributed by atoms with van der Waals surface area (Å²) in [7, 11) is 2.02. The molecule has 0 bridgehead atoms. The summed E-state index contributed by atoms with van der Waals surface area (Å²) < 4.78 is 1.99. The van der Waals surface area contributed by atoms with Gasteiger partial charge >= 0.3 is 0 Å². The Morgan fingerprint density at radius 3 is 2.75 bits per heavy atom. The number of allylic oxidation sites excluding steroid dienone is 3. The molecule has 0 amide bonds. The molecule has 1 fully saturated rings. The first kappa shape index (κ1) is 12.7. The molecular weight excluding hydrogens is 194 g/mol. The van der Waals surface area contributed by atoms with Gasteiger partial charge in [0.2, 0.25) is 0 Å². The molecular formula is C15H22N+. The molecule has 0 spiro atoms. The van der Waals surface area contributed by atoms with E-state index in [-0.39, 0.29) is 0 Å². The number of rotatable bonds is 7. The fraction of sp³-hybridized carbons (Fsp3) is 0.467. The number of hydrogen-bond donors (Lipinski definition) is 0. The maximum absolute atomic E-state index is 3.90. The summed E-state index contributed by atoms with van der Waals surface area (Å²) in [4.78, 5) is 0. The molecule has 0 atom stereocenters. The number of likely N-dealkylation sites (N-methyl/N-ethyl adjacent to an activating group) is 1. The van der Waals surface area contributed by atoms with Gasteiger partial charge in [-0.2, -0.15) is 0 Å². The molecule has 0 aliphatic heterocycles. The average molecular weight is 216 g/mol. The van der Waals surface area contributed by atoms with Gasteiger partial charge < -0.3 is 0 Å². The summed E-state index contributed by atoms with van der Waals surface area (Å²) in [5.74, 6) is 0. The third-order valence-corrected chi connectivity index (χ3v) is 2.58. The second-order valence-corrected chi connectivity index (χ2v) is 4.38. The van der Waals surface area contributed by atoms with Crippen molar-refractivity contribution in [1.29, 1.82) is 0 Å². The Labute approximate surface area is 99.2 Å². The Bertz CT molecular complexity index is 346. The Kier molecular flexibility index (Phi) is 5.60. The van der Waals surface area contributed by atoms with Crippen LogP contribution in [0, 0.1) is 0 Å². The van der Waals surface area contributed by atoms with Crippen LogP contribution in [0.3, 0.4) is 0 Å². The van der Waals surface area contributed by atoms with Gasteiger partial charge in [0.25, 0.3) is 0 Å². The van der Waals surface area contributed by atoms with Gasteiger partial charge in [-0.3, -0.25) is 0 Å². The topological polar surface area (TPSA) is 3.01 Å². The quantitative estimate of drug-likeness (QED) is 0.265. The summed E-state index contributed by atoms with van der Waals surface area (Å²) in [5.41, 5.74) is 5.88. The van der Waals surface area contributed by atoms with Crippen molar-refractivity contribution in [3.63, 3.8) is 0 Å². The van der Waals surface area contributed by atoms with E-state index in [2.05, 4.69) is 31.2 Å². The van der Waals surface area contributed by atoms with E-state index in [1.165, 1.54) is 24.8 Å². The lowest BCUT2D eigenvalue weighted by molar-refractivity contribution is -0.478. The molecule has 16 heavy (non-hydrogen) atoms. The van der Waals surface area contributed by atoms with Crippen molar-refractivity contribution in [1.82, 2.24) is 0 Å². The minimum atomic E-state index is 0.971. The molecule has 0 N–H and O–H groups in total. The van der Waals surface area contributed by atoms with E-state index in [4.69, 9.17) is 0 Å².